The number of fused-ring (bicyclic) bond motifs is 1. The molecule has 0 radical (unpaired) electrons. The number of amides is 1. The maximum atomic E-state index is 14.2. The monoisotopic (exact) mass is 562 g/mol. The summed E-state index contributed by atoms with van der Waals surface area (Å²) in [7, 11) is 0. The molecule has 216 valence electrons. The van der Waals surface area contributed by atoms with E-state index in [0.717, 1.165) is 48.7 Å². The van der Waals surface area contributed by atoms with Gasteiger partial charge in [0, 0.05) is 37.9 Å². The number of anilines is 1. The van der Waals surface area contributed by atoms with Gasteiger partial charge in [-0.25, -0.2) is 0 Å². The molecule has 6 heteroatoms. The number of rotatable bonds is 9. The summed E-state index contributed by atoms with van der Waals surface area (Å²) >= 11 is 0. The standard InChI is InChI=1S/C36H38N2O4/c1-26(2)32-20-33(36(39)38-22-29-13-14-31(19-30(29)23-38)37-15-17-40-18-16-37)35(42-25-28-11-7-4-8-12-28)21-34(32)41-24-27-9-5-3-6-10-27/h3-14,19-21,26H,15-18,22-25H2,1-2H3. The summed E-state index contributed by atoms with van der Waals surface area (Å²) in [6.07, 6.45) is 0. The molecule has 0 spiro atoms. The van der Waals surface area contributed by atoms with Crippen molar-refractivity contribution in [2.75, 3.05) is 31.2 Å². The first-order valence-electron chi connectivity index (χ1n) is 14.8. The molecular formula is C36H38N2O4. The van der Waals surface area contributed by atoms with Crippen LogP contribution in [0.4, 0.5) is 5.69 Å². The molecule has 2 heterocycles. The lowest BCUT2D eigenvalue weighted by molar-refractivity contribution is 0.0746. The molecule has 0 bridgehead atoms. The third kappa shape index (κ3) is 6.29. The Labute approximate surface area is 248 Å². The van der Waals surface area contributed by atoms with Crippen LogP contribution in [0.15, 0.2) is 91.0 Å². The second-order valence-corrected chi connectivity index (χ2v) is 11.3. The summed E-state index contributed by atoms with van der Waals surface area (Å²) in [4.78, 5) is 18.5. The lowest BCUT2D eigenvalue weighted by Gasteiger charge is -2.29. The van der Waals surface area contributed by atoms with Gasteiger partial charge in [0.2, 0.25) is 0 Å². The van der Waals surface area contributed by atoms with E-state index in [0.29, 0.717) is 37.6 Å². The number of ether oxygens (including phenoxy) is 3. The minimum absolute atomic E-state index is 0.0290. The van der Waals surface area contributed by atoms with E-state index in [9.17, 15) is 4.79 Å². The molecule has 2 aliphatic heterocycles. The summed E-state index contributed by atoms with van der Waals surface area (Å²) < 4.78 is 18.2. The van der Waals surface area contributed by atoms with E-state index in [1.165, 1.54) is 16.8 Å². The SMILES string of the molecule is CC(C)c1cc(C(=O)N2Cc3ccc(N4CCOCC4)cc3C2)c(OCc2ccccc2)cc1OCc1ccccc1. The topological polar surface area (TPSA) is 51.2 Å². The van der Waals surface area contributed by atoms with Crippen LogP contribution in [0.3, 0.4) is 0 Å². The number of carbonyl (C=O) groups excluding carboxylic acids is 1. The normalized spacial score (nSPS) is 14.6. The Morgan fingerprint density at radius 1 is 0.762 bits per heavy atom. The zero-order valence-electron chi connectivity index (χ0n) is 24.4. The summed E-state index contributed by atoms with van der Waals surface area (Å²) in [6.45, 7) is 9.49. The molecule has 4 aromatic carbocycles. The average Bonchev–Trinajstić information content (AvgIpc) is 3.47. The Bertz CT molecular complexity index is 1510. The Balaban J connectivity index is 1.28. The quantitative estimate of drug-likeness (QED) is 0.221. The van der Waals surface area contributed by atoms with E-state index < -0.39 is 0 Å². The van der Waals surface area contributed by atoms with Gasteiger partial charge >= 0.3 is 0 Å². The minimum Gasteiger partial charge on any atom is -0.488 e. The first-order valence-corrected chi connectivity index (χ1v) is 14.8. The number of benzene rings is 4. The highest BCUT2D eigenvalue weighted by Gasteiger charge is 2.29. The van der Waals surface area contributed by atoms with E-state index in [1.807, 2.05) is 65.6 Å². The molecule has 0 aromatic heterocycles. The predicted octanol–water partition coefficient (Wildman–Crippen LogP) is 6.96. The summed E-state index contributed by atoms with van der Waals surface area (Å²) in [5.41, 5.74) is 7.28. The van der Waals surface area contributed by atoms with Gasteiger partial charge in [0.05, 0.1) is 18.8 Å². The number of hydrogen-bond donors (Lipinski definition) is 0. The third-order valence-corrected chi connectivity index (χ3v) is 8.01. The number of carbonyl (C=O) groups is 1. The van der Waals surface area contributed by atoms with E-state index in [-0.39, 0.29) is 11.8 Å². The van der Waals surface area contributed by atoms with Crippen molar-refractivity contribution >= 4 is 11.6 Å². The molecule has 42 heavy (non-hydrogen) atoms. The number of morpholine rings is 1. The highest BCUT2D eigenvalue weighted by molar-refractivity contribution is 5.98. The Morgan fingerprint density at radius 3 is 2.02 bits per heavy atom. The third-order valence-electron chi connectivity index (χ3n) is 8.01. The van der Waals surface area contributed by atoms with Crippen molar-refractivity contribution < 1.29 is 19.0 Å². The van der Waals surface area contributed by atoms with Gasteiger partial charge in [-0.3, -0.25) is 4.79 Å². The van der Waals surface area contributed by atoms with Crippen molar-refractivity contribution in [3.63, 3.8) is 0 Å². The van der Waals surface area contributed by atoms with Crippen molar-refractivity contribution in [2.45, 2.75) is 46.1 Å². The Morgan fingerprint density at radius 2 is 1.38 bits per heavy atom. The van der Waals surface area contributed by atoms with E-state index in [2.05, 4.69) is 49.1 Å². The van der Waals surface area contributed by atoms with Gasteiger partial charge in [0.15, 0.2) is 0 Å². The fourth-order valence-electron chi connectivity index (χ4n) is 5.62. The van der Waals surface area contributed by atoms with Gasteiger partial charge in [0.1, 0.15) is 24.7 Å². The molecule has 2 aliphatic rings. The fraction of sp³-hybridized carbons (Fsp3) is 0.306. The minimum atomic E-state index is -0.0290. The molecular weight excluding hydrogens is 524 g/mol. The van der Waals surface area contributed by atoms with Crippen molar-refractivity contribution in [3.05, 3.63) is 124 Å². The van der Waals surface area contributed by atoms with Crippen LogP contribution in [-0.2, 0) is 31.0 Å². The van der Waals surface area contributed by atoms with Crippen molar-refractivity contribution in [2.24, 2.45) is 0 Å². The fourth-order valence-corrected chi connectivity index (χ4v) is 5.62. The Hall–Kier alpha value is -4.29. The molecule has 4 aromatic rings. The highest BCUT2D eigenvalue weighted by atomic mass is 16.5. The molecule has 0 aliphatic carbocycles. The largest absolute Gasteiger partial charge is 0.488 e. The molecule has 0 N–H and O–H groups in total. The van der Waals surface area contributed by atoms with Crippen LogP contribution in [0, 0.1) is 0 Å². The zero-order chi connectivity index (χ0) is 28.9. The molecule has 0 unspecified atom stereocenters. The molecule has 6 rings (SSSR count). The van der Waals surface area contributed by atoms with Crippen LogP contribution in [-0.4, -0.2) is 37.1 Å². The Kier molecular flexibility index (Phi) is 8.42. The van der Waals surface area contributed by atoms with Crippen LogP contribution in [0.2, 0.25) is 0 Å². The average molecular weight is 563 g/mol. The summed E-state index contributed by atoms with van der Waals surface area (Å²) in [5, 5.41) is 0. The molecule has 1 fully saturated rings. The van der Waals surface area contributed by atoms with Crippen molar-refractivity contribution in [3.8, 4) is 11.5 Å². The maximum absolute atomic E-state index is 14.2. The van der Waals surface area contributed by atoms with Crippen LogP contribution >= 0.6 is 0 Å². The lowest BCUT2D eigenvalue weighted by atomic mass is 9.98. The first-order chi connectivity index (χ1) is 20.5. The smallest absolute Gasteiger partial charge is 0.258 e. The molecule has 1 amide bonds. The summed E-state index contributed by atoms with van der Waals surface area (Å²) in [5.74, 6) is 1.42. The molecule has 6 nitrogen and oxygen atoms in total. The second-order valence-electron chi connectivity index (χ2n) is 11.3. The summed E-state index contributed by atoms with van der Waals surface area (Å²) in [6, 6.07) is 30.6. The van der Waals surface area contributed by atoms with Gasteiger partial charge in [-0.05, 0) is 51.9 Å². The van der Waals surface area contributed by atoms with Crippen LogP contribution in [0.5, 0.6) is 11.5 Å². The van der Waals surface area contributed by atoms with Gasteiger partial charge < -0.3 is 24.0 Å². The van der Waals surface area contributed by atoms with Crippen LogP contribution in [0.25, 0.3) is 0 Å². The van der Waals surface area contributed by atoms with Crippen LogP contribution in [0.1, 0.15) is 57.9 Å². The number of nitrogens with zero attached hydrogens (tertiary/aromatic N) is 2. The predicted molar refractivity (Wildman–Crippen MR) is 165 cm³/mol. The van der Waals surface area contributed by atoms with Crippen LogP contribution < -0.4 is 14.4 Å². The van der Waals surface area contributed by atoms with E-state index in [1.54, 1.807) is 0 Å². The maximum Gasteiger partial charge on any atom is 0.258 e. The second kappa shape index (κ2) is 12.7. The van der Waals surface area contributed by atoms with E-state index >= 15 is 0 Å². The van der Waals surface area contributed by atoms with Gasteiger partial charge in [0.25, 0.3) is 5.91 Å². The first kappa shape index (κ1) is 27.9. The van der Waals surface area contributed by atoms with Crippen molar-refractivity contribution in [1.29, 1.82) is 0 Å². The lowest BCUT2D eigenvalue weighted by Crippen LogP contribution is -2.36. The van der Waals surface area contributed by atoms with Gasteiger partial charge in [-0.2, -0.15) is 0 Å². The zero-order valence-corrected chi connectivity index (χ0v) is 24.4. The highest BCUT2D eigenvalue weighted by Crippen LogP contribution is 2.37. The molecule has 0 saturated carbocycles. The van der Waals surface area contributed by atoms with Crippen molar-refractivity contribution in [1.82, 2.24) is 4.90 Å². The molecule has 1 saturated heterocycles. The molecule has 0 atom stereocenters. The van der Waals surface area contributed by atoms with Gasteiger partial charge in [-0.15, -0.1) is 0 Å². The van der Waals surface area contributed by atoms with Gasteiger partial charge in [-0.1, -0.05) is 80.6 Å². The van der Waals surface area contributed by atoms with E-state index in [4.69, 9.17) is 14.2 Å². The number of hydrogen-bond acceptors (Lipinski definition) is 5.